The highest BCUT2D eigenvalue weighted by molar-refractivity contribution is 5.80. The largest absolute Gasteiger partial charge is 0.450 e. The number of rotatable bonds is 7. The van der Waals surface area contributed by atoms with Gasteiger partial charge in [0.15, 0.2) is 5.96 Å². The lowest BCUT2D eigenvalue weighted by Crippen LogP contribution is -2.50. The van der Waals surface area contributed by atoms with E-state index in [1.807, 2.05) is 34.6 Å². The SMILES string of the molecule is CCNC(=NCC(C)CN(C)C(=O)OC(C)(C)C)NC1CCN(C(=O)OCC)CC1. The molecule has 2 amide bonds. The Bertz CT molecular complexity index is 568. The summed E-state index contributed by atoms with van der Waals surface area (Å²) in [5.74, 6) is 0.947. The van der Waals surface area contributed by atoms with Crippen LogP contribution in [0, 0.1) is 5.92 Å². The molecule has 1 saturated heterocycles. The number of hydrogen-bond acceptors (Lipinski definition) is 5. The number of nitrogens with zero attached hydrogens (tertiary/aromatic N) is 3. The Morgan fingerprint density at radius 1 is 1.23 bits per heavy atom. The number of carbonyl (C=O) groups is 2. The minimum atomic E-state index is -0.502. The van der Waals surface area contributed by atoms with Crippen molar-refractivity contribution in [3.8, 4) is 0 Å². The molecule has 0 bridgehead atoms. The Kier molecular flexibility index (Phi) is 10.8. The summed E-state index contributed by atoms with van der Waals surface area (Å²) < 4.78 is 10.5. The summed E-state index contributed by atoms with van der Waals surface area (Å²) in [6.45, 7) is 15.1. The van der Waals surface area contributed by atoms with Crippen LogP contribution in [-0.2, 0) is 9.47 Å². The average molecular weight is 428 g/mol. The van der Waals surface area contributed by atoms with E-state index in [9.17, 15) is 9.59 Å². The van der Waals surface area contributed by atoms with Crippen molar-refractivity contribution in [1.29, 1.82) is 0 Å². The van der Waals surface area contributed by atoms with Crippen LogP contribution in [0.1, 0.15) is 54.4 Å². The first-order chi connectivity index (χ1) is 14.1. The lowest BCUT2D eigenvalue weighted by atomic mass is 10.1. The predicted octanol–water partition coefficient (Wildman–Crippen LogP) is 2.67. The van der Waals surface area contributed by atoms with Gasteiger partial charge >= 0.3 is 12.2 Å². The van der Waals surface area contributed by atoms with E-state index in [1.165, 1.54) is 0 Å². The van der Waals surface area contributed by atoms with Gasteiger partial charge in [-0.3, -0.25) is 4.99 Å². The zero-order chi connectivity index (χ0) is 22.7. The number of hydrogen-bond donors (Lipinski definition) is 2. The molecule has 1 rings (SSSR count). The third-order valence-corrected chi connectivity index (χ3v) is 4.56. The second-order valence-electron chi connectivity index (χ2n) is 8.79. The number of nitrogens with one attached hydrogen (secondary N) is 2. The molecule has 1 heterocycles. The van der Waals surface area contributed by atoms with E-state index in [0.717, 1.165) is 25.3 Å². The van der Waals surface area contributed by atoms with Crippen LogP contribution < -0.4 is 10.6 Å². The molecule has 174 valence electrons. The maximum Gasteiger partial charge on any atom is 0.410 e. The van der Waals surface area contributed by atoms with Gasteiger partial charge in [0, 0.05) is 45.8 Å². The third kappa shape index (κ3) is 10.0. The highest BCUT2D eigenvalue weighted by atomic mass is 16.6. The molecule has 0 radical (unpaired) electrons. The van der Waals surface area contributed by atoms with Gasteiger partial charge in [-0.2, -0.15) is 0 Å². The molecule has 0 aromatic carbocycles. The van der Waals surface area contributed by atoms with Gasteiger partial charge in [0.2, 0.25) is 0 Å². The van der Waals surface area contributed by atoms with Gasteiger partial charge in [0.05, 0.1) is 6.61 Å². The van der Waals surface area contributed by atoms with E-state index < -0.39 is 5.60 Å². The van der Waals surface area contributed by atoms with Crippen LogP contribution in [0.5, 0.6) is 0 Å². The first-order valence-corrected chi connectivity index (χ1v) is 11.0. The highest BCUT2D eigenvalue weighted by Gasteiger charge is 2.24. The molecule has 0 spiro atoms. The fraction of sp³-hybridized carbons (Fsp3) is 0.857. The van der Waals surface area contributed by atoms with Crippen LogP contribution in [0.2, 0.25) is 0 Å². The molecule has 0 aromatic heterocycles. The van der Waals surface area contributed by atoms with E-state index in [4.69, 9.17) is 9.47 Å². The minimum Gasteiger partial charge on any atom is -0.450 e. The van der Waals surface area contributed by atoms with Gasteiger partial charge < -0.3 is 29.9 Å². The Hall–Kier alpha value is -2.19. The van der Waals surface area contributed by atoms with Crippen molar-refractivity contribution in [1.82, 2.24) is 20.4 Å². The van der Waals surface area contributed by atoms with E-state index in [-0.39, 0.29) is 24.1 Å². The van der Waals surface area contributed by atoms with Gasteiger partial charge in [-0.05, 0) is 53.4 Å². The fourth-order valence-corrected chi connectivity index (χ4v) is 3.12. The van der Waals surface area contributed by atoms with Gasteiger partial charge in [-0.25, -0.2) is 9.59 Å². The number of likely N-dealkylation sites (tertiary alicyclic amines) is 1. The monoisotopic (exact) mass is 427 g/mol. The molecule has 30 heavy (non-hydrogen) atoms. The zero-order valence-corrected chi connectivity index (χ0v) is 19.8. The van der Waals surface area contributed by atoms with Crippen LogP contribution in [0.3, 0.4) is 0 Å². The molecule has 1 fully saturated rings. The first kappa shape index (κ1) is 25.8. The van der Waals surface area contributed by atoms with E-state index in [2.05, 4.69) is 22.5 Å². The maximum absolute atomic E-state index is 12.1. The highest BCUT2D eigenvalue weighted by Crippen LogP contribution is 2.12. The van der Waals surface area contributed by atoms with Gasteiger partial charge in [-0.15, -0.1) is 0 Å². The van der Waals surface area contributed by atoms with Crippen molar-refractivity contribution in [2.24, 2.45) is 10.9 Å². The number of amides is 2. The summed E-state index contributed by atoms with van der Waals surface area (Å²) in [5.41, 5.74) is -0.502. The summed E-state index contributed by atoms with van der Waals surface area (Å²) in [5, 5.41) is 6.74. The fourth-order valence-electron chi connectivity index (χ4n) is 3.12. The normalized spacial score (nSPS) is 16.6. The molecule has 2 N–H and O–H groups in total. The lowest BCUT2D eigenvalue weighted by molar-refractivity contribution is 0.0278. The van der Waals surface area contributed by atoms with Gasteiger partial charge in [0.25, 0.3) is 0 Å². The zero-order valence-electron chi connectivity index (χ0n) is 19.8. The summed E-state index contributed by atoms with van der Waals surface area (Å²) in [7, 11) is 1.75. The van der Waals surface area contributed by atoms with E-state index in [1.54, 1.807) is 16.8 Å². The third-order valence-electron chi connectivity index (χ3n) is 4.56. The predicted molar refractivity (Wildman–Crippen MR) is 119 cm³/mol. The quantitative estimate of drug-likeness (QED) is 0.479. The lowest BCUT2D eigenvalue weighted by Gasteiger charge is -2.32. The molecule has 1 unspecified atom stereocenters. The van der Waals surface area contributed by atoms with Crippen molar-refractivity contribution < 1.29 is 19.1 Å². The van der Waals surface area contributed by atoms with Gasteiger partial charge in [0.1, 0.15) is 5.60 Å². The Morgan fingerprint density at radius 3 is 2.40 bits per heavy atom. The summed E-state index contributed by atoms with van der Waals surface area (Å²) in [6.07, 6.45) is 1.14. The molecule has 1 atom stereocenters. The van der Waals surface area contributed by atoms with Crippen molar-refractivity contribution in [2.75, 3.05) is 46.4 Å². The minimum absolute atomic E-state index is 0.184. The first-order valence-electron chi connectivity index (χ1n) is 11.0. The smallest absolute Gasteiger partial charge is 0.410 e. The summed E-state index contributed by atoms with van der Waals surface area (Å²) >= 11 is 0. The molecule has 9 nitrogen and oxygen atoms in total. The van der Waals surface area contributed by atoms with Crippen LogP contribution in [0.4, 0.5) is 9.59 Å². The summed E-state index contributed by atoms with van der Waals surface area (Å²) in [6, 6.07) is 0.258. The molecule has 0 aromatic rings. The van der Waals surface area contributed by atoms with E-state index >= 15 is 0 Å². The topological polar surface area (TPSA) is 95.5 Å². The Morgan fingerprint density at radius 2 is 1.87 bits per heavy atom. The summed E-state index contributed by atoms with van der Waals surface area (Å²) in [4.78, 5) is 32.0. The number of carbonyl (C=O) groups excluding carboxylic acids is 2. The van der Waals surface area contributed by atoms with E-state index in [0.29, 0.717) is 32.8 Å². The molecule has 1 aliphatic rings. The average Bonchev–Trinajstić information content (AvgIpc) is 2.65. The number of ether oxygens (including phenoxy) is 2. The molecule has 0 saturated carbocycles. The van der Waals surface area contributed by atoms with Crippen molar-refractivity contribution in [3.05, 3.63) is 0 Å². The van der Waals surface area contributed by atoms with Crippen LogP contribution in [0.15, 0.2) is 4.99 Å². The molecule has 0 aliphatic carbocycles. The van der Waals surface area contributed by atoms with Crippen LogP contribution in [-0.4, -0.2) is 86.0 Å². The maximum atomic E-state index is 12.1. The number of guanidine groups is 1. The number of aliphatic imine (C=N–C) groups is 1. The Balaban J connectivity index is 2.50. The molecule has 1 aliphatic heterocycles. The second-order valence-corrected chi connectivity index (χ2v) is 8.79. The van der Waals surface area contributed by atoms with Crippen molar-refractivity contribution in [2.45, 2.75) is 66.0 Å². The van der Waals surface area contributed by atoms with Gasteiger partial charge in [-0.1, -0.05) is 6.92 Å². The van der Waals surface area contributed by atoms with Crippen LogP contribution in [0.25, 0.3) is 0 Å². The molecular weight excluding hydrogens is 386 g/mol. The Labute approximate surface area is 181 Å². The molecular formula is C21H41N5O4. The second kappa shape index (κ2) is 12.5. The van der Waals surface area contributed by atoms with Crippen molar-refractivity contribution >= 4 is 18.1 Å². The van der Waals surface area contributed by atoms with Crippen LogP contribution >= 0.6 is 0 Å². The van der Waals surface area contributed by atoms with Crippen molar-refractivity contribution in [3.63, 3.8) is 0 Å². The molecule has 9 heteroatoms. The standard InChI is InChI=1S/C21H41N5O4/c1-8-22-18(24-17-10-12-26(13-11-17)20(28)29-9-2)23-14-16(3)15-25(7)19(27)30-21(4,5)6/h16-17H,8-15H2,1-7H3,(H2,22,23,24). The number of piperidine rings is 1.